The van der Waals surface area contributed by atoms with Gasteiger partial charge in [0.15, 0.2) is 5.65 Å². The Morgan fingerprint density at radius 3 is 2.65 bits per heavy atom. The molecular weight excluding hydrogens is 337 g/mol. The van der Waals surface area contributed by atoms with E-state index < -0.39 is 0 Å². The second kappa shape index (κ2) is 6.14. The molecule has 4 rings (SSSR count). The van der Waals surface area contributed by atoms with Crippen molar-refractivity contribution in [1.29, 1.82) is 0 Å². The maximum atomic E-state index is 14.3. The molecule has 0 aliphatic carbocycles. The lowest BCUT2D eigenvalue weighted by Gasteiger charge is -2.07. The molecule has 0 saturated carbocycles. The van der Waals surface area contributed by atoms with Crippen LogP contribution in [0.5, 0.6) is 5.88 Å². The number of benzene rings is 1. The lowest BCUT2D eigenvalue weighted by atomic mass is 10.1. The molecule has 3 aromatic heterocycles. The monoisotopic (exact) mass is 353 g/mol. The summed E-state index contributed by atoms with van der Waals surface area (Å²) in [6.07, 6.45) is 4.83. The van der Waals surface area contributed by atoms with Crippen molar-refractivity contribution < 1.29 is 9.13 Å². The Morgan fingerprint density at radius 2 is 1.92 bits per heavy atom. The zero-order valence-electron chi connectivity index (χ0n) is 14.3. The molecule has 1 aromatic carbocycles. The third-order valence-electron chi connectivity index (χ3n) is 4.14. The first-order valence-electron chi connectivity index (χ1n) is 7.98. The fourth-order valence-corrected chi connectivity index (χ4v) is 2.83. The fourth-order valence-electron chi connectivity index (χ4n) is 2.83. The summed E-state index contributed by atoms with van der Waals surface area (Å²) in [5.41, 5.74) is 1.61. The maximum absolute atomic E-state index is 14.3. The molecule has 3 heterocycles. The van der Waals surface area contributed by atoms with Gasteiger partial charge in [-0.1, -0.05) is 18.2 Å². The molecule has 0 N–H and O–H groups in total. The molecule has 0 bridgehead atoms. The van der Waals surface area contributed by atoms with Gasteiger partial charge in [-0.2, -0.15) is 5.10 Å². The van der Waals surface area contributed by atoms with E-state index in [9.17, 15) is 9.18 Å². The second-order valence-corrected chi connectivity index (χ2v) is 5.92. The van der Waals surface area contributed by atoms with Crippen LogP contribution in [0.3, 0.4) is 0 Å². The molecule has 4 aromatic rings. The number of aryl methyl sites for hydroxylation is 2. The number of imidazole rings is 1. The van der Waals surface area contributed by atoms with E-state index in [2.05, 4.69) is 10.1 Å². The van der Waals surface area contributed by atoms with E-state index in [0.717, 1.165) is 0 Å². The Balaban J connectivity index is 1.80. The van der Waals surface area contributed by atoms with Crippen molar-refractivity contribution in [2.24, 2.45) is 14.1 Å². The van der Waals surface area contributed by atoms with Crippen LogP contribution in [0.2, 0.25) is 0 Å². The SMILES string of the molecule is Cn1nccc1OCc1cn2c(=O)n(C)cc(-c3ccccc3F)c2n1. The number of fused-ring (bicyclic) bond motifs is 1. The molecule has 0 amide bonds. The molecule has 0 aliphatic rings. The Labute approximate surface area is 147 Å². The largest absolute Gasteiger partial charge is 0.471 e. The Kier molecular flexibility index (Phi) is 3.80. The fraction of sp³-hybridized carbons (Fsp3) is 0.167. The molecule has 0 saturated heterocycles. The van der Waals surface area contributed by atoms with Crippen molar-refractivity contribution >= 4 is 5.65 Å². The van der Waals surface area contributed by atoms with Crippen LogP contribution in [-0.4, -0.2) is 23.7 Å². The highest BCUT2D eigenvalue weighted by atomic mass is 19.1. The summed E-state index contributed by atoms with van der Waals surface area (Å²) >= 11 is 0. The van der Waals surface area contributed by atoms with Crippen LogP contribution in [0.15, 0.2) is 53.7 Å². The minimum absolute atomic E-state index is 0.168. The van der Waals surface area contributed by atoms with Gasteiger partial charge in [-0.3, -0.25) is 4.40 Å². The standard InChI is InChI=1S/C18H16FN5O2/c1-22-10-14(13-5-3-4-6-15(13)19)17-21-12(9-24(17)18(22)25)11-26-16-7-8-20-23(16)2/h3-10H,11H2,1-2H3. The summed E-state index contributed by atoms with van der Waals surface area (Å²) in [5, 5.41) is 4.03. The molecule has 0 unspecified atom stereocenters. The number of hydrogen-bond acceptors (Lipinski definition) is 4. The first-order chi connectivity index (χ1) is 12.5. The molecule has 8 heteroatoms. The van der Waals surface area contributed by atoms with E-state index in [1.54, 1.807) is 61.6 Å². The highest BCUT2D eigenvalue weighted by Gasteiger charge is 2.15. The molecule has 0 spiro atoms. The van der Waals surface area contributed by atoms with Gasteiger partial charge < -0.3 is 9.30 Å². The van der Waals surface area contributed by atoms with E-state index in [4.69, 9.17) is 4.74 Å². The molecule has 7 nitrogen and oxygen atoms in total. The molecule has 132 valence electrons. The highest BCUT2D eigenvalue weighted by Crippen LogP contribution is 2.25. The van der Waals surface area contributed by atoms with Crippen molar-refractivity contribution in [2.45, 2.75) is 6.61 Å². The van der Waals surface area contributed by atoms with Crippen LogP contribution >= 0.6 is 0 Å². The zero-order valence-corrected chi connectivity index (χ0v) is 14.3. The second-order valence-electron chi connectivity index (χ2n) is 5.92. The van der Waals surface area contributed by atoms with E-state index in [-0.39, 0.29) is 18.1 Å². The molecule has 0 atom stereocenters. The van der Waals surface area contributed by atoms with Gasteiger partial charge in [-0.05, 0) is 6.07 Å². The van der Waals surface area contributed by atoms with Gasteiger partial charge in [0, 0.05) is 43.7 Å². The first-order valence-corrected chi connectivity index (χ1v) is 7.98. The van der Waals surface area contributed by atoms with Gasteiger partial charge in [-0.25, -0.2) is 18.9 Å². The molecule has 26 heavy (non-hydrogen) atoms. The van der Waals surface area contributed by atoms with Gasteiger partial charge in [0.05, 0.1) is 11.9 Å². The van der Waals surface area contributed by atoms with Crippen LogP contribution in [0.1, 0.15) is 5.69 Å². The number of hydrogen-bond donors (Lipinski definition) is 0. The number of nitrogens with zero attached hydrogens (tertiary/aromatic N) is 5. The van der Waals surface area contributed by atoms with Crippen LogP contribution in [-0.2, 0) is 20.7 Å². The third kappa shape index (κ3) is 2.65. The highest BCUT2D eigenvalue weighted by molar-refractivity contribution is 5.77. The predicted octanol–water partition coefficient (Wildman–Crippen LogP) is 2.15. The molecule has 0 aliphatic heterocycles. The summed E-state index contributed by atoms with van der Waals surface area (Å²) in [6.45, 7) is 0.168. The van der Waals surface area contributed by atoms with Crippen LogP contribution < -0.4 is 10.4 Å². The predicted molar refractivity (Wildman–Crippen MR) is 93.4 cm³/mol. The van der Waals surface area contributed by atoms with Crippen molar-refractivity contribution in [1.82, 2.24) is 23.7 Å². The number of halogens is 1. The Hall–Kier alpha value is -3.42. The minimum atomic E-state index is -0.372. The summed E-state index contributed by atoms with van der Waals surface area (Å²) < 4.78 is 24.3. The van der Waals surface area contributed by atoms with E-state index in [0.29, 0.717) is 28.3 Å². The Bertz CT molecular complexity index is 1160. The number of rotatable bonds is 4. The average Bonchev–Trinajstić information content (AvgIpc) is 3.23. The summed E-state index contributed by atoms with van der Waals surface area (Å²) in [5.74, 6) is 0.216. The average molecular weight is 353 g/mol. The lowest BCUT2D eigenvalue weighted by molar-refractivity contribution is 0.275. The first kappa shape index (κ1) is 16.1. The van der Waals surface area contributed by atoms with Gasteiger partial charge in [0.2, 0.25) is 5.88 Å². The van der Waals surface area contributed by atoms with Crippen molar-refractivity contribution in [3.05, 3.63) is 70.9 Å². The van der Waals surface area contributed by atoms with Crippen molar-refractivity contribution in [2.75, 3.05) is 0 Å². The molecular formula is C18H16FN5O2. The summed E-state index contributed by atoms with van der Waals surface area (Å²) in [4.78, 5) is 16.9. The van der Waals surface area contributed by atoms with Crippen LogP contribution in [0.4, 0.5) is 4.39 Å². The van der Waals surface area contributed by atoms with Gasteiger partial charge in [0.1, 0.15) is 12.4 Å². The van der Waals surface area contributed by atoms with Gasteiger partial charge in [0.25, 0.3) is 0 Å². The summed E-state index contributed by atoms with van der Waals surface area (Å²) in [6, 6.07) is 8.15. The lowest BCUT2D eigenvalue weighted by Crippen LogP contribution is -2.23. The van der Waals surface area contributed by atoms with Crippen LogP contribution in [0, 0.1) is 5.82 Å². The summed E-state index contributed by atoms with van der Waals surface area (Å²) in [7, 11) is 3.39. The third-order valence-corrected chi connectivity index (χ3v) is 4.14. The quantitative estimate of drug-likeness (QED) is 0.564. The van der Waals surface area contributed by atoms with Crippen molar-refractivity contribution in [3.63, 3.8) is 0 Å². The smallest absolute Gasteiger partial charge is 0.333 e. The number of ether oxygens (including phenoxy) is 1. The number of aromatic nitrogens is 5. The molecule has 0 fully saturated rings. The maximum Gasteiger partial charge on any atom is 0.333 e. The topological polar surface area (TPSA) is 66.3 Å². The van der Waals surface area contributed by atoms with Gasteiger partial charge in [-0.15, -0.1) is 0 Å². The van der Waals surface area contributed by atoms with Gasteiger partial charge >= 0.3 is 5.69 Å². The Morgan fingerprint density at radius 1 is 1.12 bits per heavy atom. The van der Waals surface area contributed by atoms with E-state index in [1.165, 1.54) is 15.0 Å². The normalized spacial score (nSPS) is 11.2. The van der Waals surface area contributed by atoms with E-state index in [1.807, 2.05) is 0 Å². The molecule has 0 radical (unpaired) electrons. The zero-order chi connectivity index (χ0) is 18.3. The minimum Gasteiger partial charge on any atom is -0.471 e. The van der Waals surface area contributed by atoms with Crippen LogP contribution in [0.25, 0.3) is 16.8 Å². The van der Waals surface area contributed by atoms with Crippen molar-refractivity contribution in [3.8, 4) is 17.0 Å². The van der Waals surface area contributed by atoms with E-state index >= 15 is 0 Å².